The molecule has 5 aromatic rings. The van der Waals surface area contributed by atoms with Gasteiger partial charge in [-0.25, -0.2) is 12.4 Å². The van der Waals surface area contributed by atoms with Crippen molar-refractivity contribution in [2.75, 3.05) is 14.2 Å². The van der Waals surface area contributed by atoms with Crippen LogP contribution in [0.2, 0.25) is 0 Å². The van der Waals surface area contributed by atoms with Crippen LogP contribution in [0.3, 0.4) is 0 Å². The number of benzene rings is 4. The first kappa shape index (κ1) is 27.3. The van der Waals surface area contributed by atoms with E-state index in [0.717, 1.165) is 45.3 Å². The lowest BCUT2D eigenvalue weighted by Crippen LogP contribution is -2.16. The van der Waals surface area contributed by atoms with Gasteiger partial charge in [0.05, 0.1) is 24.6 Å². The van der Waals surface area contributed by atoms with Gasteiger partial charge in [-0.1, -0.05) is 91.7 Å². The van der Waals surface area contributed by atoms with Gasteiger partial charge in [0.1, 0.15) is 0 Å². The Labute approximate surface area is 236 Å². The molecule has 0 radical (unpaired) electrons. The number of ether oxygens (including phenoxy) is 2. The van der Waals surface area contributed by atoms with Gasteiger partial charge in [-0.3, -0.25) is 0 Å². The van der Waals surface area contributed by atoms with Crippen molar-refractivity contribution in [2.24, 2.45) is 0 Å². The summed E-state index contributed by atoms with van der Waals surface area (Å²) in [5, 5.41) is 0.779. The zero-order valence-corrected chi connectivity index (χ0v) is 24.0. The van der Waals surface area contributed by atoms with Crippen molar-refractivity contribution >= 4 is 32.6 Å². The molecule has 6 heteroatoms. The number of hydrogen-bond acceptors (Lipinski definition) is 4. The summed E-state index contributed by atoms with van der Waals surface area (Å²) in [4.78, 5) is 0.240. The SMILES string of the molecule is CCCc1c(C=C(c2ccccc2)c2ccccc2)c2cc(OC)c(OC)cc2n1S(=O)(=O)c1ccc(C)cc1. The summed E-state index contributed by atoms with van der Waals surface area (Å²) in [5.41, 5.74) is 6.19. The van der Waals surface area contributed by atoms with Gasteiger partial charge in [-0.2, -0.15) is 0 Å². The standard InChI is InChI=1S/C34H33NO4S/c1-5-12-31-29(21-28(25-13-8-6-9-14-25)26-15-10-7-11-16-26)30-22-33(38-3)34(39-4)23-32(30)35(31)40(36,37)27-19-17-24(2)18-20-27/h6-11,13-23H,5,12H2,1-4H3. The van der Waals surface area contributed by atoms with Gasteiger partial charge < -0.3 is 9.47 Å². The van der Waals surface area contributed by atoms with E-state index < -0.39 is 10.0 Å². The summed E-state index contributed by atoms with van der Waals surface area (Å²) in [6, 6.07) is 31.0. The number of methoxy groups -OCH3 is 2. The molecule has 5 nitrogen and oxygen atoms in total. The van der Waals surface area contributed by atoms with Crippen LogP contribution in [-0.4, -0.2) is 26.6 Å². The molecule has 4 aromatic carbocycles. The molecule has 5 rings (SSSR count). The number of fused-ring (bicyclic) bond motifs is 1. The molecule has 0 bridgehead atoms. The molecule has 0 atom stereocenters. The fourth-order valence-electron chi connectivity index (χ4n) is 5.10. The number of rotatable bonds is 9. The lowest BCUT2D eigenvalue weighted by molar-refractivity contribution is 0.356. The quantitative estimate of drug-likeness (QED) is 0.188. The highest BCUT2D eigenvalue weighted by Gasteiger charge is 2.28. The van der Waals surface area contributed by atoms with E-state index in [2.05, 4.69) is 37.3 Å². The van der Waals surface area contributed by atoms with E-state index >= 15 is 0 Å². The van der Waals surface area contributed by atoms with Gasteiger partial charge in [0.15, 0.2) is 11.5 Å². The summed E-state index contributed by atoms with van der Waals surface area (Å²) >= 11 is 0. The lowest BCUT2D eigenvalue weighted by Gasteiger charge is -2.14. The molecule has 0 aliphatic carbocycles. The highest BCUT2D eigenvalue weighted by atomic mass is 32.2. The fourth-order valence-corrected chi connectivity index (χ4v) is 6.68. The zero-order valence-electron chi connectivity index (χ0n) is 23.2. The Balaban J connectivity index is 1.91. The molecule has 0 saturated carbocycles. The highest BCUT2D eigenvalue weighted by Crippen LogP contribution is 2.41. The van der Waals surface area contributed by atoms with Crippen molar-refractivity contribution in [3.05, 3.63) is 125 Å². The Hall–Kier alpha value is -4.29. The van der Waals surface area contributed by atoms with Crippen LogP contribution in [0.15, 0.2) is 102 Å². The molecular weight excluding hydrogens is 518 g/mol. The minimum Gasteiger partial charge on any atom is -0.493 e. The summed E-state index contributed by atoms with van der Waals surface area (Å²) < 4.78 is 41.4. The molecule has 1 heterocycles. The minimum atomic E-state index is -3.93. The second-order valence-corrected chi connectivity index (χ2v) is 11.5. The van der Waals surface area contributed by atoms with E-state index in [0.29, 0.717) is 23.4 Å². The smallest absolute Gasteiger partial charge is 0.268 e. The molecule has 40 heavy (non-hydrogen) atoms. The maximum atomic E-state index is 14.3. The molecule has 0 amide bonds. The average molecular weight is 552 g/mol. The number of nitrogens with zero attached hydrogens (tertiary/aromatic N) is 1. The largest absolute Gasteiger partial charge is 0.493 e. The molecule has 0 fully saturated rings. The molecule has 0 spiro atoms. The third-order valence-corrected chi connectivity index (χ3v) is 8.84. The van der Waals surface area contributed by atoms with Crippen LogP contribution in [0.4, 0.5) is 0 Å². The van der Waals surface area contributed by atoms with Gasteiger partial charge in [-0.05, 0) is 54.3 Å². The number of hydrogen-bond donors (Lipinski definition) is 0. The van der Waals surface area contributed by atoms with Crippen LogP contribution in [0.1, 0.15) is 41.3 Å². The summed E-state index contributed by atoms with van der Waals surface area (Å²) in [7, 11) is -0.786. The molecule has 1 aromatic heterocycles. The van der Waals surface area contributed by atoms with Crippen molar-refractivity contribution in [1.82, 2.24) is 3.97 Å². The maximum Gasteiger partial charge on any atom is 0.268 e. The maximum absolute atomic E-state index is 14.3. The highest BCUT2D eigenvalue weighted by molar-refractivity contribution is 7.90. The van der Waals surface area contributed by atoms with Crippen LogP contribution in [0, 0.1) is 6.92 Å². The third kappa shape index (κ3) is 5.03. The lowest BCUT2D eigenvalue weighted by atomic mass is 9.94. The van der Waals surface area contributed by atoms with Crippen LogP contribution >= 0.6 is 0 Å². The van der Waals surface area contributed by atoms with Gasteiger partial charge in [0.25, 0.3) is 10.0 Å². The molecule has 0 N–H and O–H groups in total. The van der Waals surface area contributed by atoms with E-state index in [1.807, 2.05) is 61.5 Å². The monoisotopic (exact) mass is 551 g/mol. The number of aromatic nitrogens is 1. The third-order valence-electron chi connectivity index (χ3n) is 7.07. The average Bonchev–Trinajstić information content (AvgIpc) is 3.28. The van der Waals surface area contributed by atoms with E-state index in [1.54, 1.807) is 32.4 Å². The zero-order chi connectivity index (χ0) is 28.3. The van der Waals surface area contributed by atoms with Gasteiger partial charge in [-0.15, -0.1) is 0 Å². The van der Waals surface area contributed by atoms with Crippen molar-refractivity contribution in [3.63, 3.8) is 0 Å². The van der Waals surface area contributed by atoms with Crippen molar-refractivity contribution in [3.8, 4) is 11.5 Å². The van der Waals surface area contributed by atoms with Crippen molar-refractivity contribution in [2.45, 2.75) is 31.6 Å². The first-order valence-corrected chi connectivity index (χ1v) is 14.8. The predicted octanol–water partition coefficient (Wildman–Crippen LogP) is 7.75. The van der Waals surface area contributed by atoms with Gasteiger partial charge in [0, 0.05) is 22.7 Å². The number of aryl methyl sites for hydroxylation is 1. The second kappa shape index (κ2) is 11.4. The Morgan fingerprint density at radius 2 is 1.35 bits per heavy atom. The van der Waals surface area contributed by atoms with Crippen LogP contribution in [0.25, 0.3) is 22.6 Å². The molecule has 0 aliphatic rings. The van der Waals surface area contributed by atoms with Crippen molar-refractivity contribution in [1.29, 1.82) is 0 Å². The van der Waals surface area contributed by atoms with Gasteiger partial charge >= 0.3 is 0 Å². The van der Waals surface area contributed by atoms with Gasteiger partial charge in [0.2, 0.25) is 0 Å². The van der Waals surface area contributed by atoms with Crippen LogP contribution in [0.5, 0.6) is 11.5 Å². The van der Waals surface area contributed by atoms with Crippen LogP contribution in [-0.2, 0) is 16.4 Å². The predicted molar refractivity (Wildman–Crippen MR) is 163 cm³/mol. The van der Waals surface area contributed by atoms with Crippen molar-refractivity contribution < 1.29 is 17.9 Å². The normalized spacial score (nSPS) is 11.4. The Morgan fingerprint density at radius 3 is 1.88 bits per heavy atom. The van der Waals surface area contributed by atoms with E-state index in [1.165, 1.54) is 3.97 Å². The Bertz CT molecular complexity index is 1730. The second-order valence-electron chi connectivity index (χ2n) is 9.71. The Kier molecular flexibility index (Phi) is 7.81. The van der Waals surface area contributed by atoms with E-state index in [4.69, 9.17) is 9.47 Å². The first-order chi connectivity index (χ1) is 19.4. The summed E-state index contributed by atoms with van der Waals surface area (Å²) in [6.45, 7) is 4.00. The molecule has 204 valence electrons. The Morgan fingerprint density at radius 1 is 0.800 bits per heavy atom. The first-order valence-electron chi connectivity index (χ1n) is 13.3. The molecule has 0 saturated heterocycles. The molecule has 0 aliphatic heterocycles. The summed E-state index contributed by atoms with van der Waals surface area (Å²) in [6.07, 6.45) is 3.44. The van der Waals surface area contributed by atoms with E-state index in [-0.39, 0.29) is 4.90 Å². The fraction of sp³-hybridized carbons (Fsp3) is 0.176. The molecular formula is C34H33NO4S. The minimum absolute atomic E-state index is 0.240. The van der Waals surface area contributed by atoms with E-state index in [9.17, 15) is 8.42 Å². The topological polar surface area (TPSA) is 57.5 Å². The molecule has 0 unspecified atom stereocenters. The van der Waals surface area contributed by atoms with Crippen LogP contribution < -0.4 is 9.47 Å². The summed E-state index contributed by atoms with van der Waals surface area (Å²) in [5.74, 6) is 1.01.